The second kappa shape index (κ2) is 6.61. The zero-order valence-corrected chi connectivity index (χ0v) is 12.7. The summed E-state index contributed by atoms with van der Waals surface area (Å²) < 4.78 is 1.58. The van der Waals surface area contributed by atoms with Crippen LogP contribution < -0.4 is 5.32 Å². The van der Waals surface area contributed by atoms with E-state index in [1.165, 1.54) is 6.07 Å². The van der Waals surface area contributed by atoms with Crippen molar-refractivity contribution in [3.05, 3.63) is 45.6 Å². The third-order valence-electron chi connectivity index (χ3n) is 2.75. The molecule has 0 aliphatic rings. The summed E-state index contributed by atoms with van der Waals surface area (Å²) in [7, 11) is 0. The standard InChI is InChI=1S/C14H12Cl2N4O/c1-9-7-13(20(19-9)6-2-5-17)18-14(21)11-4-3-10(15)8-12(11)16/h3-4,7-8H,2,6H2,1H3,(H,18,21). The number of nitrogens with zero attached hydrogens (tertiary/aromatic N) is 3. The van der Waals surface area contributed by atoms with Gasteiger partial charge in [0, 0.05) is 11.1 Å². The molecule has 1 aromatic heterocycles. The van der Waals surface area contributed by atoms with Gasteiger partial charge in [-0.2, -0.15) is 10.4 Å². The SMILES string of the molecule is Cc1cc(NC(=O)c2ccc(Cl)cc2Cl)n(CCC#N)n1. The van der Waals surface area contributed by atoms with Crippen LogP contribution in [0.3, 0.4) is 0 Å². The van der Waals surface area contributed by atoms with Gasteiger partial charge in [-0.25, -0.2) is 4.68 Å². The van der Waals surface area contributed by atoms with Crippen molar-refractivity contribution in [3.8, 4) is 6.07 Å². The van der Waals surface area contributed by atoms with E-state index in [9.17, 15) is 4.79 Å². The molecule has 0 fully saturated rings. The number of nitriles is 1. The van der Waals surface area contributed by atoms with E-state index in [0.717, 1.165) is 5.69 Å². The molecule has 0 saturated heterocycles. The van der Waals surface area contributed by atoms with Gasteiger partial charge in [-0.3, -0.25) is 4.79 Å². The number of anilines is 1. The first-order chi connectivity index (χ1) is 10.0. The van der Waals surface area contributed by atoms with Crippen molar-refractivity contribution in [1.29, 1.82) is 5.26 Å². The lowest BCUT2D eigenvalue weighted by Crippen LogP contribution is -2.16. The molecule has 0 radical (unpaired) electrons. The number of carbonyl (C=O) groups excluding carboxylic acids is 1. The molecule has 0 saturated carbocycles. The van der Waals surface area contributed by atoms with Gasteiger partial charge in [0.15, 0.2) is 0 Å². The first kappa shape index (κ1) is 15.4. The predicted molar refractivity (Wildman–Crippen MR) is 81.6 cm³/mol. The summed E-state index contributed by atoms with van der Waals surface area (Å²) in [5.74, 6) is 0.175. The molecule has 0 bridgehead atoms. The van der Waals surface area contributed by atoms with Gasteiger partial charge in [0.05, 0.1) is 35.3 Å². The highest BCUT2D eigenvalue weighted by Crippen LogP contribution is 2.22. The Kier molecular flexibility index (Phi) is 4.84. The number of nitrogens with one attached hydrogen (secondary N) is 1. The van der Waals surface area contributed by atoms with Crippen LogP contribution in [0.2, 0.25) is 10.0 Å². The van der Waals surface area contributed by atoms with Gasteiger partial charge in [-0.1, -0.05) is 23.2 Å². The first-order valence-electron chi connectivity index (χ1n) is 6.19. The normalized spacial score (nSPS) is 10.2. The van der Waals surface area contributed by atoms with Crippen molar-refractivity contribution in [2.24, 2.45) is 0 Å². The zero-order valence-electron chi connectivity index (χ0n) is 11.2. The van der Waals surface area contributed by atoms with Crippen molar-refractivity contribution >= 4 is 34.9 Å². The highest BCUT2D eigenvalue weighted by molar-refractivity contribution is 6.37. The van der Waals surface area contributed by atoms with Gasteiger partial charge in [-0.05, 0) is 25.1 Å². The third-order valence-corrected chi connectivity index (χ3v) is 3.30. The van der Waals surface area contributed by atoms with Crippen LogP contribution in [0.1, 0.15) is 22.5 Å². The maximum Gasteiger partial charge on any atom is 0.258 e. The lowest BCUT2D eigenvalue weighted by molar-refractivity contribution is 0.102. The number of aryl methyl sites for hydroxylation is 2. The number of rotatable bonds is 4. The minimum atomic E-state index is -0.352. The average Bonchev–Trinajstić information content (AvgIpc) is 2.76. The van der Waals surface area contributed by atoms with Gasteiger partial charge >= 0.3 is 0 Å². The van der Waals surface area contributed by atoms with Crippen molar-refractivity contribution in [2.75, 3.05) is 5.32 Å². The molecule has 1 N–H and O–H groups in total. The molecule has 21 heavy (non-hydrogen) atoms. The van der Waals surface area contributed by atoms with Crippen LogP contribution >= 0.6 is 23.2 Å². The van der Waals surface area contributed by atoms with Gasteiger partial charge in [0.1, 0.15) is 5.82 Å². The number of halogens is 2. The maximum absolute atomic E-state index is 12.2. The van der Waals surface area contributed by atoms with Gasteiger partial charge in [0.2, 0.25) is 0 Å². The Morgan fingerprint density at radius 3 is 2.86 bits per heavy atom. The summed E-state index contributed by atoms with van der Waals surface area (Å²) in [6, 6.07) is 8.45. The number of aromatic nitrogens is 2. The number of hydrogen-bond donors (Lipinski definition) is 1. The van der Waals surface area contributed by atoms with E-state index in [0.29, 0.717) is 29.4 Å². The van der Waals surface area contributed by atoms with Crippen LogP contribution in [0, 0.1) is 18.3 Å². The maximum atomic E-state index is 12.2. The summed E-state index contributed by atoms with van der Waals surface area (Å²) in [6.45, 7) is 2.22. The molecule has 0 atom stereocenters. The fraction of sp³-hybridized carbons (Fsp3) is 0.214. The second-order valence-electron chi connectivity index (χ2n) is 4.38. The number of amides is 1. The molecular weight excluding hydrogens is 311 g/mol. The zero-order chi connectivity index (χ0) is 15.4. The molecule has 108 valence electrons. The van der Waals surface area contributed by atoms with E-state index in [4.69, 9.17) is 28.5 Å². The Balaban J connectivity index is 2.21. The van der Waals surface area contributed by atoms with Crippen LogP contribution in [0.15, 0.2) is 24.3 Å². The first-order valence-corrected chi connectivity index (χ1v) is 6.94. The summed E-state index contributed by atoms with van der Waals surface area (Å²) in [4.78, 5) is 12.2. The van der Waals surface area contributed by atoms with Crippen molar-refractivity contribution in [2.45, 2.75) is 19.9 Å². The fourth-order valence-electron chi connectivity index (χ4n) is 1.83. The van der Waals surface area contributed by atoms with E-state index >= 15 is 0 Å². The molecule has 0 aliphatic heterocycles. The van der Waals surface area contributed by atoms with E-state index in [1.54, 1.807) is 22.9 Å². The largest absolute Gasteiger partial charge is 0.307 e. The smallest absolute Gasteiger partial charge is 0.258 e. The van der Waals surface area contributed by atoms with Crippen LogP contribution in [0.4, 0.5) is 5.82 Å². The van der Waals surface area contributed by atoms with Crippen LogP contribution in [0.5, 0.6) is 0 Å². The van der Waals surface area contributed by atoms with Gasteiger partial charge in [-0.15, -0.1) is 0 Å². The average molecular weight is 323 g/mol. The molecule has 0 spiro atoms. The third kappa shape index (κ3) is 3.75. The lowest BCUT2D eigenvalue weighted by Gasteiger charge is -2.08. The van der Waals surface area contributed by atoms with Crippen molar-refractivity contribution in [3.63, 3.8) is 0 Å². The van der Waals surface area contributed by atoms with E-state index in [-0.39, 0.29) is 10.9 Å². The summed E-state index contributed by atoms with van der Waals surface area (Å²) in [5.41, 5.74) is 1.08. The minimum Gasteiger partial charge on any atom is -0.307 e. The number of carbonyl (C=O) groups is 1. The topological polar surface area (TPSA) is 70.7 Å². The van der Waals surface area contributed by atoms with E-state index in [2.05, 4.69) is 10.4 Å². The van der Waals surface area contributed by atoms with Gasteiger partial charge in [0.25, 0.3) is 5.91 Å². The molecule has 0 unspecified atom stereocenters. The fourth-order valence-corrected chi connectivity index (χ4v) is 2.32. The van der Waals surface area contributed by atoms with E-state index in [1.807, 2.05) is 13.0 Å². The molecule has 1 amide bonds. The molecule has 0 aliphatic carbocycles. The van der Waals surface area contributed by atoms with Crippen LogP contribution in [0.25, 0.3) is 0 Å². The molecule has 1 aromatic carbocycles. The van der Waals surface area contributed by atoms with E-state index < -0.39 is 0 Å². The molecule has 7 heteroatoms. The monoisotopic (exact) mass is 322 g/mol. The van der Waals surface area contributed by atoms with Crippen LogP contribution in [-0.2, 0) is 6.54 Å². The summed E-state index contributed by atoms with van der Waals surface area (Å²) in [6.07, 6.45) is 0.311. The number of benzene rings is 1. The molecule has 5 nitrogen and oxygen atoms in total. The molecule has 2 aromatic rings. The Labute approximate surface area is 132 Å². The van der Waals surface area contributed by atoms with Crippen LogP contribution in [-0.4, -0.2) is 15.7 Å². The molecule has 2 rings (SSSR count). The second-order valence-corrected chi connectivity index (χ2v) is 5.22. The quantitative estimate of drug-likeness (QED) is 0.933. The summed E-state index contributed by atoms with van der Waals surface area (Å²) in [5, 5.41) is 16.4. The lowest BCUT2D eigenvalue weighted by atomic mass is 10.2. The van der Waals surface area contributed by atoms with Gasteiger partial charge < -0.3 is 5.32 Å². The molecular formula is C14H12Cl2N4O. The molecule has 1 heterocycles. The Morgan fingerprint density at radius 1 is 1.43 bits per heavy atom. The number of hydrogen-bond acceptors (Lipinski definition) is 3. The van der Waals surface area contributed by atoms with Crippen molar-refractivity contribution < 1.29 is 4.79 Å². The highest BCUT2D eigenvalue weighted by Gasteiger charge is 2.14. The Bertz CT molecular complexity index is 718. The summed E-state index contributed by atoms with van der Waals surface area (Å²) >= 11 is 11.8. The predicted octanol–water partition coefficient (Wildman–Crippen LogP) is 3.66. The van der Waals surface area contributed by atoms with Crippen molar-refractivity contribution in [1.82, 2.24) is 9.78 Å². The minimum absolute atomic E-state index is 0.278. The Morgan fingerprint density at radius 2 is 2.19 bits per heavy atom. The highest BCUT2D eigenvalue weighted by atomic mass is 35.5. The Hall–Kier alpha value is -2.03.